The van der Waals surface area contributed by atoms with Crippen molar-refractivity contribution in [3.63, 3.8) is 0 Å². The molecule has 8 heteroatoms. The van der Waals surface area contributed by atoms with E-state index in [0.717, 1.165) is 16.7 Å². The molecule has 2 heterocycles. The minimum Gasteiger partial charge on any atom is -0.350 e. The fraction of sp³-hybridized carbons (Fsp3) is 0.357. The summed E-state index contributed by atoms with van der Waals surface area (Å²) in [7, 11) is 0. The van der Waals surface area contributed by atoms with Crippen LogP contribution in [0.3, 0.4) is 0 Å². The van der Waals surface area contributed by atoms with E-state index in [1.54, 1.807) is 16.4 Å². The highest BCUT2D eigenvalue weighted by Gasteiger charge is 2.48. The van der Waals surface area contributed by atoms with Gasteiger partial charge in [0.2, 0.25) is 5.91 Å². The molecule has 1 atom stereocenters. The smallest absolute Gasteiger partial charge is 0.273 e. The molecule has 2 aromatic carbocycles. The largest absolute Gasteiger partial charge is 0.350 e. The van der Waals surface area contributed by atoms with Crippen LogP contribution in [0, 0.1) is 6.92 Å². The van der Waals surface area contributed by atoms with Gasteiger partial charge in [0.1, 0.15) is 11.2 Å². The van der Waals surface area contributed by atoms with Crippen LogP contribution in [0.1, 0.15) is 57.9 Å². The highest BCUT2D eigenvalue weighted by molar-refractivity contribution is 6.07. The predicted molar refractivity (Wildman–Crippen MR) is 137 cm³/mol. The molecule has 0 bridgehead atoms. The van der Waals surface area contributed by atoms with Crippen molar-refractivity contribution in [2.75, 3.05) is 13.1 Å². The molecule has 3 amide bonds. The monoisotopic (exact) mass is 487 g/mol. The van der Waals surface area contributed by atoms with Crippen LogP contribution >= 0.6 is 0 Å². The first-order valence-electron chi connectivity index (χ1n) is 12.4. The van der Waals surface area contributed by atoms with Crippen molar-refractivity contribution >= 4 is 17.7 Å². The van der Waals surface area contributed by atoms with Crippen LogP contribution < -0.4 is 10.6 Å². The summed E-state index contributed by atoms with van der Waals surface area (Å²) >= 11 is 0. The summed E-state index contributed by atoms with van der Waals surface area (Å²) in [5, 5.41) is 5.87. The lowest BCUT2D eigenvalue weighted by Gasteiger charge is -2.43. The van der Waals surface area contributed by atoms with Gasteiger partial charge in [-0.3, -0.25) is 14.4 Å². The molecule has 1 aliphatic rings. The zero-order chi connectivity index (χ0) is 25.7. The van der Waals surface area contributed by atoms with E-state index in [1.807, 2.05) is 68.4 Å². The molecule has 2 N–H and O–H groups in total. The molecule has 0 radical (unpaired) electrons. The molecular weight excluding hydrogens is 454 g/mol. The number of rotatable bonds is 9. The quantitative estimate of drug-likeness (QED) is 0.485. The molecule has 0 fully saturated rings. The van der Waals surface area contributed by atoms with Gasteiger partial charge in [0.05, 0.1) is 12.9 Å². The van der Waals surface area contributed by atoms with Crippen molar-refractivity contribution < 1.29 is 14.4 Å². The van der Waals surface area contributed by atoms with E-state index in [1.165, 1.54) is 6.33 Å². The van der Waals surface area contributed by atoms with Crippen molar-refractivity contribution in [3.8, 4) is 0 Å². The van der Waals surface area contributed by atoms with E-state index in [9.17, 15) is 14.4 Å². The Hall–Kier alpha value is -3.94. The van der Waals surface area contributed by atoms with Gasteiger partial charge in [0.15, 0.2) is 5.69 Å². The zero-order valence-electron chi connectivity index (χ0n) is 21.1. The maximum absolute atomic E-state index is 13.6. The van der Waals surface area contributed by atoms with Gasteiger partial charge in [-0.15, -0.1) is 0 Å². The summed E-state index contributed by atoms with van der Waals surface area (Å²) in [6.45, 7) is 7.16. The van der Waals surface area contributed by atoms with Gasteiger partial charge in [-0.2, -0.15) is 0 Å². The number of carbonyl (C=O) groups is 3. The van der Waals surface area contributed by atoms with Gasteiger partial charge < -0.3 is 20.1 Å². The average Bonchev–Trinajstić information content (AvgIpc) is 3.30. The van der Waals surface area contributed by atoms with Gasteiger partial charge in [-0.25, -0.2) is 4.98 Å². The minimum atomic E-state index is -1.10. The number of benzene rings is 2. The van der Waals surface area contributed by atoms with Gasteiger partial charge in [-0.05, 0) is 37.8 Å². The molecular formula is C28H33N5O3. The molecule has 188 valence electrons. The number of aryl methyl sites for hydroxylation is 1. The van der Waals surface area contributed by atoms with Gasteiger partial charge in [-0.1, -0.05) is 67.1 Å². The summed E-state index contributed by atoms with van der Waals surface area (Å²) in [6, 6.07) is 17.8. The summed E-state index contributed by atoms with van der Waals surface area (Å²) in [4.78, 5) is 45.8. The molecule has 0 saturated heterocycles. The van der Waals surface area contributed by atoms with Crippen LogP contribution in [0.25, 0.3) is 0 Å². The molecule has 1 aliphatic heterocycles. The number of amides is 3. The third kappa shape index (κ3) is 5.17. The lowest BCUT2D eigenvalue weighted by molar-refractivity contribution is -0.133. The molecule has 8 nitrogen and oxygen atoms in total. The second-order valence-corrected chi connectivity index (χ2v) is 9.46. The first kappa shape index (κ1) is 25.2. The highest BCUT2D eigenvalue weighted by atomic mass is 16.2. The van der Waals surface area contributed by atoms with E-state index < -0.39 is 11.4 Å². The summed E-state index contributed by atoms with van der Waals surface area (Å²) in [6.07, 6.45) is 2.84. The third-order valence-corrected chi connectivity index (χ3v) is 6.63. The molecule has 4 rings (SSSR count). The molecule has 0 spiro atoms. The fourth-order valence-electron chi connectivity index (χ4n) is 4.56. The Labute approximate surface area is 211 Å². The second-order valence-electron chi connectivity index (χ2n) is 9.46. The lowest BCUT2D eigenvalue weighted by atomic mass is 9.93. The normalized spacial score (nSPS) is 17.0. The number of nitrogens with one attached hydrogen (secondary N) is 2. The van der Waals surface area contributed by atoms with Gasteiger partial charge in [0.25, 0.3) is 11.8 Å². The van der Waals surface area contributed by atoms with Crippen LogP contribution in [-0.4, -0.2) is 50.8 Å². The molecule has 0 saturated carbocycles. The van der Waals surface area contributed by atoms with E-state index in [0.29, 0.717) is 32.5 Å². The molecule has 36 heavy (non-hydrogen) atoms. The van der Waals surface area contributed by atoms with E-state index in [-0.39, 0.29) is 29.7 Å². The van der Waals surface area contributed by atoms with Crippen molar-refractivity contribution in [1.82, 2.24) is 25.1 Å². The Morgan fingerprint density at radius 3 is 2.44 bits per heavy atom. The Morgan fingerprint density at radius 1 is 1.03 bits per heavy atom. The van der Waals surface area contributed by atoms with E-state index >= 15 is 0 Å². The number of carbonyl (C=O) groups excluding carboxylic acids is 3. The number of hydrogen-bond donors (Lipinski definition) is 2. The van der Waals surface area contributed by atoms with Gasteiger partial charge >= 0.3 is 0 Å². The first-order valence-corrected chi connectivity index (χ1v) is 12.4. The van der Waals surface area contributed by atoms with Crippen molar-refractivity contribution in [3.05, 3.63) is 89.0 Å². The van der Waals surface area contributed by atoms with Crippen molar-refractivity contribution in [2.24, 2.45) is 0 Å². The SMILES string of the molecule is CCCN1C(=O)c2c(C(=O)NCCc3ccccc3)ncn2C[C@@]1(C)C(=O)NCc1ccc(C)cc1. The van der Waals surface area contributed by atoms with Crippen LogP contribution in [-0.2, 0) is 24.3 Å². The average molecular weight is 488 g/mol. The lowest BCUT2D eigenvalue weighted by Crippen LogP contribution is -2.64. The number of hydrogen-bond acceptors (Lipinski definition) is 4. The number of imidazole rings is 1. The summed E-state index contributed by atoms with van der Waals surface area (Å²) in [5.41, 5.74) is 2.46. The Balaban J connectivity index is 1.49. The summed E-state index contributed by atoms with van der Waals surface area (Å²) in [5.74, 6) is -0.989. The Bertz CT molecular complexity index is 1240. The zero-order valence-corrected chi connectivity index (χ0v) is 21.1. The Kier molecular flexibility index (Phi) is 7.52. The maximum atomic E-state index is 13.6. The molecule has 0 aliphatic carbocycles. The summed E-state index contributed by atoms with van der Waals surface area (Å²) < 4.78 is 1.63. The topological polar surface area (TPSA) is 96.3 Å². The first-order chi connectivity index (χ1) is 17.3. The number of nitrogens with zero attached hydrogens (tertiary/aromatic N) is 3. The van der Waals surface area contributed by atoms with Crippen molar-refractivity contribution in [2.45, 2.75) is 52.2 Å². The second kappa shape index (κ2) is 10.8. The van der Waals surface area contributed by atoms with Crippen LogP contribution in [0.2, 0.25) is 0 Å². The number of fused-ring (bicyclic) bond motifs is 1. The van der Waals surface area contributed by atoms with Crippen LogP contribution in [0.15, 0.2) is 60.9 Å². The van der Waals surface area contributed by atoms with Gasteiger partial charge in [0, 0.05) is 19.6 Å². The molecule has 0 unspecified atom stereocenters. The maximum Gasteiger partial charge on any atom is 0.273 e. The fourth-order valence-corrected chi connectivity index (χ4v) is 4.56. The predicted octanol–water partition coefficient (Wildman–Crippen LogP) is 3.10. The van der Waals surface area contributed by atoms with Crippen LogP contribution in [0.5, 0.6) is 0 Å². The minimum absolute atomic E-state index is 0.0938. The van der Waals surface area contributed by atoms with E-state index in [2.05, 4.69) is 15.6 Å². The van der Waals surface area contributed by atoms with Crippen LogP contribution in [0.4, 0.5) is 0 Å². The Morgan fingerprint density at radius 2 is 1.75 bits per heavy atom. The third-order valence-electron chi connectivity index (χ3n) is 6.63. The molecule has 1 aromatic heterocycles. The standard InChI is InChI=1S/C28H33N5O3/c1-4-16-33-26(35)24-23(25(34)29-15-14-21-8-6-5-7-9-21)31-19-32(24)18-28(33,3)27(36)30-17-22-12-10-20(2)11-13-22/h5-13,19H,4,14-18H2,1-3H3,(H,29,34)(H,30,36)/t28-/m0/s1. The highest BCUT2D eigenvalue weighted by Crippen LogP contribution is 2.29. The van der Waals surface area contributed by atoms with E-state index in [4.69, 9.17) is 0 Å². The number of aromatic nitrogens is 2. The molecule has 3 aromatic rings. The van der Waals surface area contributed by atoms with Crippen molar-refractivity contribution in [1.29, 1.82) is 0 Å².